The fourth-order valence-electron chi connectivity index (χ4n) is 3.29. The molecule has 136 valence electrons. The van der Waals surface area contributed by atoms with Crippen molar-refractivity contribution in [1.82, 2.24) is 10.2 Å². The summed E-state index contributed by atoms with van der Waals surface area (Å²) in [5.74, 6) is 0.806. The van der Waals surface area contributed by atoms with Gasteiger partial charge >= 0.3 is 0 Å². The summed E-state index contributed by atoms with van der Waals surface area (Å²) in [6, 6.07) is 0. The number of likely N-dealkylation sites (tertiary alicyclic amines) is 1. The first kappa shape index (κ1) is 21.0. The van der Waals surface area contributed by atoms with Gasteiger partial charge in [-0.15, -0.1) is 24.0 Å². The zero-order chi connectivity index (χ0) is 16.4. The number of aliphatic imine (C=N–C) groups is 1. The molecule has 0 aromatic carbocycles. The second-order valence-corrected chi connectivity index (χ2v) is 9.71. The number of hydrogen-bond acceptors (Lipinski definition) is 4. The molecular formula is C15H30IN3O3S. The van der Waals surface area contributed by atoms with Crippen LogP contribution < -0.4 is 5.32 Å². The molecule has 0 aromatic rings. The molecule has 0 atom stereocenters. The van der Waals surface area contributed by atoms with Crippen LogP contribution in [0.1, 0.15) is 33.1 Å². The first-order valence-electron chi connectivity index (χ1n) is 7.92. The van der Waals surface area contributed by atoms with E-state index in [1.807, 2.05) is 0 Å². The number of rotatable bonds is 3. The minimum atomic E-state index is -3.15. The Morgan fingerprint density at radius 1 is 1.26 bits per heavy atom. The van der Waals surface area contributed by atoms with E-state index in [1.54, 1.807) is 7.05 Å². The summed E-state index contributed by atoms with van der Waals surface area (Å²) in [7, 11) is -1.40. The van der Waals surface area contributed by atoms with Crippen LogP contribution in [0.3, 0.4) is 0 Å². The minimum Gasteiger partial charge on any atom is -0.381 e. The average Bonchev–Trinajstić information content (AvgIpc) is 2.79. The molecule has 0 bridgehead atoms. The van der Waals surface area contributed by atoms with E-state index < -0.39 is 14.6 Å². The van der Waals surface area contributed by atoms with Gasteiger partial charge in [-0.25, -0.2) is 8.42 Å². The van der Waals surface area contributed by atoms with E-state index >= 15 is 0 Å². The van der Waals surface area contributed by atoms with E-state index in [2.05, 4.69) is 29.1 Å². The van der Waals surface area contributed by atoms with E-state index in [0.29, 0.717) is 32.6 Å². The van der Waals surface area contributed by atoms with Gasteiger partial charge in [-0.2, -0.15) is 0 Å². The maximum Gasteiger partial charge on any atom is 0.193 e. The van der Waals surface area contributed by atoms with E-state index in [9.17, 15) is 8.42 Å². The molecule has 0 unspecified atom stereocenters. The topological polar surface area (TPSA) is 71.0 Å². The Morgan fingerprint density at radius 2 is 1.87 bits per heavy atom. The Morgan fingerprint density at radius 3 is 2.30 bits per heavy atom. The minimum absolute atomic E-state index is 0. The molecule has 2 aliphatic rings. The van der Waals surface area contributed by atoms with Crippen molar-refractivity contribution in [3.8, 4) is 0 Å². The molecule has 8 heteroatoms. The summed E-state index contributed by atoms with van der Waals surface area (Å²) in [6.07, 6.45) is 3.54. The molecular weight excluding hydrogens is 429 g/mol. The van der Waals surface area contributed by atoms with Crippen LogP contribution in [-0.2, 0) is 14.6 Å². The lowest BCUT2D eigenvalue weighted by Gasteiger charge is -2.36. The number of ether oxygens (including phenoxy) is 1. The van der Waals surface area contributed by atoms with Gasteiger partial charge in [-0.1, -0.05) is 13.8 Å². The van der Waals surface area contributed by atoms with Crippen LogP contribution in [0.25, 0.3) is 0 Å². The third-order valence-corrected chi connectivity index (χ3v) is 7.07. The van der Waals surface area contributed by atoms with Crippen LogP contribution in [0.4, 0.5) is 0 Å². The predicted molar refractivity (Wildman–Crippen MR) is 104 cm³/mol. The Labute approximate surface area is 157 Å². The van der Waals surface area contributed by atoms with Crippen molar-refractivity contribution in [2.75, 3.05) is 46.2 Å². The van der Waals surface area contributed by atoms with E-state index in [0.717, 1.165) is 25.5 Å². The van der Waals surface area contributed by atoms with E-state index in [1.165, 1.54) is 6.26 Å². The lowest BCUT2D eigenvalue weighted by Crippen LogP contribution is -2.54. The second kappa shape index (κ2) is 7.86. The number of nitrogens with one attached hydrogen (secondary N) is 1. The fraction of sp³-hybridized carbons (Fsp3) is 0.933. The van der Waals surface area contributed by atoms with Gasteiger partial charge in [0, 0.05) is 46.2 Å². The third-order valence-electron chi connectivity index (χ3n) is 4.95. The highest BCUT2D eigenvalue weighted by Gasteiger charge is 2.43. The lowest BCUT2D eigenvalue weighted by molar-refractivity contribution is 0.0754. The molecule has 0 aromatic heterocycles. The van der Waals surface area contributed by atoms with Crippen molar-refractivity contribution in [1.29, 1.82) is 0 Å². The standard InChI is InChI=1S/C15H29N3O3S.HI/c1-14(2)5-8-18(12-14)13(16-3)17-11-15(22(4,19)20)6-9-21-10-7-15;/h5-12H2,1-4H3,(H,16,17);1H. The summed E-state index contributed by atoms with van der Waals surface area (Å²) in [5.41, 5.74) is 0.283. The number of sulfone groups is 1. The number of halogens is 1. The largest absolute Gasteiger partial charge is 0.381 e. The van der Waals surface area contributed by atoms with Gasteiger partial charge in [0.1, 0.15) is 0 Å². The highest BCUT2D eigenvalue weighted by Crippen LogP contribution is 2.30. The van der Waals surface area contributed by atoms with E-state index in [4.69, 9.17) is 4.74 Å². The normalized spacial score (nSPS) is 24.2. The summed E-state index contributed by atoms with van der Waals surface area (Å²) < 4.78 is 29.2. The van der Waals surface area contributed by atoms with Gasteiger partial charge in [-0.3, -0.25) is 4.99 Å². The molecule has 23 heavy (non-hydrogen) atoms. The molecule has 0 spiro atoms. The van der Waals surface area contributed by atoms with Gasteiger partial charge < -0.3 is 15.0 Å². The monoisotopic (exact) mass is 459 g/mol. The molecule has 2 aliphatic heterocycles. The van der Waals surface area contributed by atoms with E-state index in [-0.39, 0.29) is 29.4 Å². The summed E-state index contributed by atoms with van der Waals surface area (Å²) >= 11 is 0. The number of hydrogen-bond donors (Lipinski definition) is 1. The van der Waals surface area contributed by atoms with Crippen molar-refractivity contribution in [2.24, 2.45) is 10.4 Å². The van der Waals surface area contributed by atoms with Crippen molar-refractivity contribution >= 4 is 39.8 Å². The highest BCUT2D eigenvalue weighted by molar-refractivity contribution is 14.0. The summed E-state index contributed by atoms with van der Waals surface area (Å²) in [5, 5.41) is 3.31. The molecule has 2 fully saturated rings. The molecule has 6 nitrogen and oxygen atoms in total. The van der Waals surface area contributed by atoms with Crippen LogP contribution in [0.5, 0.6) is 0 Å². The zero-order valence-electron chi connectivity index (χ0n) is 14.6. The van der Waals surface area contributed by atoms with Crippen molar-refractivity contribution in [2.45, 2.75) is 37.9 Å². The van der Waals surface area contributed by atoms with Crippen molar-refractivity contribution in [3.05, 3.63) is 0 Å². The molecule has 0 amide bonds. The molecule has 0 aliphatic carbocycles. The molecule has 1 N–H and O–H groups in total. The highest BCUT2D eigenvalue weighted by atomic mass is 127. The Hall–Kier alpha value is -0.0900. The maximum atomic E-state index is 12.3. The molecule has 2 rings (SSSR count). The first-order chi connectivity index (χ1) is 10.2. The molecule has 2 saturated heterocycles. The Kier molecular flexibility index (Phi) is 7.16. The van der Waals surface area contributed by atoms with Crippen molar-refractivity contribution in [3.63, 3.8) is 0 Å². The SMILES string of the molecule is CN=C(NCC1(S(C)(=O)=O)CCOCC1)N1CCC(C)(C)C1.I. The maximum absolute atomic E-state index is 12.3. The number of guanidine groups is 1. The van der Waals surface area contributed by atoms with Crippen molar-refractivity contribution < 1.29 is 13.2 Å². The average molecular weight is 459 g/mol. The smallest absolute Gasteiger partial charge is 0.193 e. The van der Waals surface area contributed by atoms with Gasteiger partial charge in [0.25, 0.3) is 0 Å². The lowest BCUT2D eigenvalue weighted by atomic mass is 9.93. The van der Waals surface area contributed by atoms with Gasteiger partial charge in [0.15, 0.2) is 15.8 Å². The zero-order valence-corrected chi connectivity index (χ0v) is 17.7. The fourth-order valence-corrected chi connectivity index (χ4v) is 4.53. The molecule has 2 heterocycles. The van der Waals surface area contributed by atoms with Crippen LogP contribution >= 0.6 is 24.0 Å². The first-order valence-corrected chi connectivity index (χ1v) is 9.81. The summed E-state index contributed by atoms with van der Waals surface area (Å²) in [6.45, 7) is 7.81. The molecule has 0 radical (unpaired) electrons. The number of nitrogens with zero attached hydrogens (tertiary/aromatic N) is 2. The Balaban J connectivity index is 0.00000264. The second-order valence-electron chi connectivity index (χ2n) is 7.30. The van der Waals surface area contributed by atoms with Gasteiger partial charge in [0.2, 0.25) is 0 Å². The third kappa shape index (κ3) is 4.94. The van der Waals surface area contributed by atoms with Gasteiger partial charge in [0.05, 0.1) is 4.75 Å². The summed E-state index contributed by atoms with van der Waals surface area (Å²) in [4.78, 5) is 6.56. The predicted octanol–water partition coefficient (Wildman–Crippen LogP) is 1.51. The Bertz CT molecular complexity index is 528. The van der Waals surface area contributed by atoms with Crippen LogP contribution in [-0.4, -0.2) is 70.2 Å². The quantitative estimate of drug-likeness (QED) is 0.394. The van der Waals surface area contributed by atoms with Crippen LogP contribution in [0, 0.1) is 5.41 Å². The van der Waals surface area contributed by atoms with Crippen LogP contribution in [0.15, 0.2) is 4.99 Å². The molecule has 0 saturated carbocycles. The van der Waals surface area contributed by atoms with Gasteiger partial charge in [-0.05, 0) is 24.7 Å². The van der Waals surface area contributed by atoms with Crippen LogP contribution in [0.2, 0.25) is 0 Å².